The van der Waals surface area contributed by atoms with Crippen molar-refractivity contribution in [1.82, 2.24) is 4.90 Å². The number of rotatable bonds is 4. The first-order valence-electron chi connectivity index (χ1n) is 6.53. The Morgan fingerprint density at radius 3 is 2.14 bits per heavy atom. The van der Waals surface area contributed by atoms with Crippen LogP contribution in [0.25, 0.3) is 0 Å². The summed E-state index contributed by atoms with van der Waals surface area (Å²) in [6.45, 7) is 2.95. The number of ether oxygens (including phenoxy) is 1. The summed E-state index contributed by atoms with van der Waals surface area (Å²) in [7, 11) is -4.61. The van der Waals surface area contributed by atoms with Crippen LogP contribution in [0.2, 0.25) is 0 Å². The van der Waals surface area contributed by atoms with Gasteiger partial charge in [0.25, 0.3) is 0 Å². The maximum absolute atomic E-state index is 12.4. The van der Waals surface area contributed by atoms with Gasteiger partial charge >= 0.3 is 7.82 Å². The van der Waals surface area contributed by atoms with Crippen LogP contribution in [0.3, 0.4) is 0 Å². The predicted molar refractivity (Wildman–Crippen MR) is 68.7 cm³/mol. The van der Waals surface area contributed by atoms with Crippen LogP contribution in [0.4, 0.5) is 0 Å². The van der Waals surface area contributed by atoms with Gasteiger partial charge in [-0.3, -0.25) is 19.0 Å². The van der Waals surface area contributed by atoms with E-state index in [1.807, 2.05) is 0 Å². The summed E-state index contributed by atoms with van der Waals surface area (Å²) in [6, 6.07) is 0. The minimum Gasteiger partial charge on any atom is -0.359 e. The minimum absolute atomic E-state index is 0.179. The molecule has 21 heavy (non-hydrogen) atoms. The lowest BCUT2D eigenvalue weighted by molar-refractivity contribution is -0.146. The Bertz CT molecular complexity index is 562. The first kappa shape index (κ1) is 14.9. The van der Waals surface area contributed by atoms with E-state index in [0.717, 1.165) is 4.90 Å². The molecule has 3 aliphatic rings. The fraction of sp³-hybridized carbons (Fsp3) is 0.667. The zero-order valence-electron chi connectivity index (χ0n) is 11.6. The molecule has 0 aromatic rings. The number of carbonyl (C=O) groups is 2. The van der Waals surface area contributed by atoms with Crippen molar-refractivity contribution in [2.45, 2.75) is 25.0 Å². The third-order valence-electron chi connectivity index (χ3n) is 4.39. The van der Waals surface area contributed by atoms with E-state index < -0.39 is 37.5 Å². The quantitative estimate of drug-likeness (QED) is 0.420. The van der Waals surface area contributed by atoms with Crippen molar-refractivity contribution in [3.8, 4) is 0 Å². The van der Waals surface area contributed by atoms with Gasteiger partial charge in [0.15, 0.2) is 0 Å². The molecule has 116 valence electrons. The number of hydrogen-bond acceptors (Lipinski definition) is 5. The van der Waals surface area contributed by atoms with Gasteiger partial charge in [0.1, 0.15) is 0 Å². The molecule has 0 aliphatic carbocycles. The summed E-state index contributed by atoms with van der Waals surface area (Å²) >= 11 is 0. The SMILES string of the molecule is CC12C=CC(C)(O1)[C@H]1C(=O)N(CCOP(=O)(O)O)C(=O)[C@H]12. The Morgan fingerprint density at radius 2 is 1.71 bits per heavy atom. The number of fused-ring (bicyclic) bond motifs is 5. The van der Waals surface area contributed by atoms with Crippen LogP contribution in [0.1, 0.15) is 13.8 Å². The van der Waals surface area contributed by atoms with Crippen molar-refractivity contribution in [2.75, 3.05) is 13.2 Å². The highest BCUT2D eigenvalue weighted by molar-refractivity contribution is 7.46. The second-order valence-electron chi connectivity index (χ2n) is 5.91. The largest absolute Gasteiger partial charge is 0.469 e. The second kappa shape index (κ2) is 4.24. The molecule has 4 atom stereocenters. The predicted octanol–water partition coefficient (Wildman–Crippen LogP) is -0.186. The van der Waals surface area contributed by atoms with Crippen LogP contribution in [0, 0.1) is 11.8 Å². The van der Waals surface area contributed by atoms with E-state index >= 15 is 0 Å². The number of carbonyl (C=O) groups excluding carboxylic acids is 2. The maximum Gasteiger partial charge on any atom is 0.469 e. The van der Waals surface area contributed by atoms with Gasteiger partial charge in [-0.2, -0.15) is 0 Å². The van der Waals surface area contributed by atoms with E-state index in [0.29, 0.717) is 0 Å². The van der Waals surface area contributed by atoms with E-state index in [1.165, 1.54) is 0 Å². The Balaban J connectivity index is 1.78. The molecule has 0 aromatic heterocycles. The van der Waals surface area contributed by atoms with Crippen molar-refractivity contribution >= 4 is 19.6 Å². The fourth-order valence-corrected chi connectivity index (χ4v) is 3.88. The highest BCUT2D eigenvalue weighted by Crippen LogP contribution is 2.56. The highest BCUT2D eigenvalue weighted by Gasteiger charge is 2.70. The molecule has 2 saturated heterocycles. The Morgan fingerprint density at radius 1 is 1.24 bits per heavy atom. The summed E-state index contributed by atoms with van der Waals surface area (Å²) in [6.07, 6.45) is 3.60. The molecular weight excluding hydrogens is 301 g/mol. The van der Waals surface area contributed by atoms with Gasteiger partial charge in [-0.25, -0.2) is 4.57 Å². The van der Waals surface area contributed by atoms with Crippen LogP contribution in [0.5, 0.6) is 0 Å². The smallest absolute Gasteiger partial charge is 0.359 e. The van der Waals surface area contributed by atoms with Crippen molar-refractivity contribution < 1.29 is 33.2 Å². The first-order chi connectivity index (χ1) is 9.57. The standard InChI is InChI=1S/C12H16NO7P/c1-11-3-4-12(2,20-11)8-7(11)9(14)13(10(8)15)5-6-19-21(16,17)18/h3-4,7-8H,5-6H2,1-2H3,(H2,16,17,18)/t7-,8+,11?,12?. The van der Waals surface area contributed by atoms with Crippen LogP contribution in [0.15, 0.2) is 12.2 Å². The zero-order valence-corrected chi connectivity index (χ0v) is 12.4. The lowest BCUT2D eigenvalue weighted by atomic mass is 9.73. The van der Waals surface area contributed by atoms with Crippen molar-refractivity contribution in [3.63, 3.8) is 0 Å². The molecule has 9 heteroatoms. The van der Waals surface area contributed by atoms with Crippen LogP contribution < -0.4 is 0 Å². The van der Waals surface area contributed by atoms with Gasteiger partial charge in [-0.1, -0.05) is 12.2 Å². The number of likely N-dealkylation sites (tertiary alicyclic amines) is 1. The van der Waals surface area contributed by atoms with Crippen LogP contribution in [-0.4, -0.2) is 50.9 Å². The van der Waals surface area contributed by atoms with E-state index in [-0.39, 0.29) is 18.4 Å². The molecule has 3 rings (SSSR count). The molecule has 2 unspecified atom stereocenters. The molecule has 3 heterocycles. The molecule has 2 amide bonds. The number of phosphoric ester groups is 1. The summed E-state index contributed by atoms with van der Waals surface area (Å²) in [4.78, 5) is 43.1. The summed E-state index contributed by atoms with van der Waals surface area (Å²) in [5.41, 5.74) is -1.60. The van der Waals surface area contributed by atoms with Crippen molar-refractivity contribution in [1.29, 1.82) is 0 Å². The Labute approximate surface area is 120 Å². The first-order valence-corrected chi connectivity index (χ1v) is 8.06. The molecule has 8 nitrogen and oxygen atoms in total. The van der Waals surface area contributed by atoms with Crippen molar-refractivity contribution in [2.24, 2.45) is 11.8 Å². The third kappa shape index (κ3) is 2.10. The van der Waals surface area contributed by atoms with Crippen molar-refractivity contribution in [3.05, 3.63) is 12.2 Å². The topological polar surface area (TPSA) is 113 Å². The van der Waals surface area contributed by atoms with Gasteiger partial charge < -0.3 is 14.5 Å². The minimum atomic E-state index is -4.61. The third-order valence-corrected chi connectivity index (χ3v) is 4.91. The molecule has 3 aliphatic heterocycles. The highest BCUT2D eigenvalue weighted by atomic mass is 31.2. The average molecular weight is 317 g/mol. The zero-order chi connectivity index (χ0) is 15.6. The van der Waals surface area contributed by atoms with E-state index in [1.54, 1.807) is 26.0 Å². The number of hydrogen-bond donors (Lipinski definition) is 2. The van der Waals surface area contributed by atoms with Crippen LogP contribution >= 0.6 is 7.82 Å². The molecule has 0 spiro atoms. The summed E-state index contributed by atoms with van der Waals surface area (Å²) < 4.78 is 20.8. The summed E-state index contributed by atoms with van der Waals surface area (Å²) in [5, 5.41) is 0. The molecule has 0 radical (unpaired) electrons. The molecular formula is C12H16NO7P. The molecule has 0 aromatic carbocycles. The van der Waals surface area contributed by atoms with E-state index in [9.17, 15) is 14.2 Å². The normalized spacial score (nSPS) is 41.2. The molecule has 0 saturated carbocycles. The number of phosphoric acid groups is 1. The van der Waals surface area contributed by atoms with Gasteiger partial charge in [-0.15, -0.1) is 0 Å². The van der Waals surface area contributed by atoms with Gasteiger partial charge in [-0.05, 0) is 13.8 Å². The maximum atomic E-state index is 12.4. The molecule has 2 bridgehead atoms. The van der Waals surface area contributed by atoms with Gasteiger partial charge in [0, 0.05) is 0 Å². The second-order valence-corrected chi connectivity index (χ2v) is 7.15. The van der Waals surface area contributed by atoms with Crippen LogP contribution in [-0.2, 0) is 23.4 Å². The monoisotopic (exact) mass is 317 g/mol. The van der Waals surface area contributed by atoms with Gasteiger partial charge in [0.05, 0.1) is 36.2 Å². The number of imide groups is 1. The Hall–Kier alpha value is -1.05. The Kier molecular flexibility index (Phi) is 3.00. The lowest BCUT2D eigenvalue weighted by Crippen LogP contribution is -2.40. The fourth-order valence-electron chi connectivity index (χ4n) is 3.56. The molecule has 2 fully saturated rings. The van der Waals surface area contributed by atoms with Gasteiger partial charge in [0.2, 0.25) is 11.8 Å². The summed E-state index contributed by atoms with van der Waals surface area (Å²) in [5.74, 6) is -1.94. The number of amides is 2. The molecule has 2 N–H and O–H groups in total. The van der Waals surface area contributed by atoms with E-state index in [2.05, 4.69) is 4.52 Å². The average Bonchev–Trinajstić information content (AvgIpc) is 2.87. The lowest BCUT2D eigenvalue weighted by Gasteiger charge is -2.25. The van der Waals surface area contributed by atoms with E-state index in [4.69, 9.17) is 14.5 Å². The number of nitrogens with zero attached hydrogens (tertiary/aromatic N) is 1.